The van der Waals surface area contributed by atoms with Crippen LogP contribution in [-0.4, -0.2) is 43.9 Å². The quantitative estimate of drug-likeness (QED) is 0.797. The van der Waals surface area contributed by atoms with E-state index in [1.54, 1.807) is 6.07 Å². The number of anilines is 1. The zero-order valence-electron chi connectivity index (χ0n) is 15.9. The van der Waals surface area contributed by atoms with E-state index in [2.05, 4.69) is 5.32 Å². The van der Waals surface area contributed by atoms with Crippen LogP contribution in [0, 0.1) is 11.3 Å². The van der Waals surface area contributed by atoms with Gasteiger partial charge < -0.3 is 10.1 Å². The fourth-order valence-electron chi connectivity index (χ4n) is 3.17. The summed E-state index contributed by atoms with van der Waals surface area (Å²) in [6.45, 7) is 4.16. The smallest absolute Gasteiger partial charge is 0.255 e. The molecule has 2 aromatic rings. The molecule has 2 aromatic carbocycles. The summed E-state index contributed by atoms with van der Waals surface area (Å²) in [7, 11) is -3.76. The van der Waals surface area contributed by atoms with Crippen molar-refractivity contribution in [3.05, 3.63) is 58.6 Å². The van der Waals surface area contributed by atoms with Crippen molar-refractivity contribution in [1.82, 2.24) is 4.31 Å². The molecule has 0 saturated carbocycles. The van der Waals surface area contributed by atoms with Gasteiger partial charge in [0.15, 0.2) is 0 Å². The molecular weight excluding hydrogens is 414 g/mol. The largest absolute Gasteiger partial charge is 0.373 e. The third kappa shape index (κ3) is 4.77. The monoisotopic (exact) mass is 433 g/mol. The van der Waals surface area contributed by atoms with E-state index in [9.17, 15) is 13.2 Å². The van der Waals surface area contributed by atoms with Crippen molar-refractivity contribution in [2.75, 3.05) is 18.4 Å². The predicted molar refractivity (Wildman–Crippen MR) is 109 cm³/mol. The van der Waals surface area contributed by atoms with Crippen LogP contribution in [0.2, 0.25) is 5.02 Å². The van der Waals surface area contributed by atoms with Gasteiger partial charge in [-0.15, -0.1) is 0 Å². The molecule has 1 amide bonds. The molecule has 1 aliphatic heterocycles. The summed E-state index contributed by atoms with van der Waals surface area (Å²) < 4.78 is 33.0. The molecule has 7 nitrogen and oxygen atoms in total. The zero-order chi connectivity index (χ0) is 21.2. The number of nitriles is 1. The Balaban J connectivity index is 1.83. The lowest BCUT2D eigenvalue weighted by atomic mass is 10.2. The summed E-state index contributed by atoms with van der Waals surface area (Å²) in [5.74, 6) is -0.489. The number of sulfonamides is 1. The van der Waals surface area contributed by atoms with Gasteiger partial charge >= 0.3 is 0 Å². The van der Waals surface area contributed by atoms with E-state index in [1.165, 1.54) is 40.7 Å². The number of carbonyl (C=O) groups excluding carboxylic acids is 1. The Morgan fingerprint density at radius 1 is 1.21 bits per heavy atom. The molecule has 3 rings (SSSR count). The van der Waals surface area contributed by atoms with Crippen molar-refractivity contribution in [1.29, 1.82) is 5.26 Å². The summed E-state index contributed by atoms with van der Waals surface area (Å²) in [5, 5.41) is 12.0. The highest BCUT2D eigenvalue weighted by Crippen LogP contribution is 2.23. The first-order valence-electron chi connectivity index (χ1n) is 8.97. The second-order valence-electron chi connectivity index (χ2n) is 6.87. The molecule has 0 aromatic heterocycles. The van der Waals surface area contributed by atoms with Crippen LogP contribution in [0.3, 0.4) is 0 Å². The van der Waals surface area contributed by atoms with Gasteiger partial charge in [-0.2, -0.15) is 9.57 Å². The van der Waals surface area contributed by atoms with Crippen molar-refractivity contribution in [3.8, 4) is 6.07 Å². The Morgan fingerprint density at radius 3 is 2.55 bits per heavy atom. The molecule has 1 heterocycles. The van der Waals surface area contributed by atoms with E-state index in [-0.39, 0.29) is 46.3 Å². The molecular formula is C20H20ClN3O4S. The van der Waals surface area contributed by atoms with E-state index in [1.807, 2.05) is 19.9 Å². The van der Waals surface area contributed by atoms with Crippen LogP contribution in [0.15, 0.2) is 47.4 Å². The number of hydrogen-bond donors (Lipinski definition) is 1. The lowest BCUT2D eigenvalue weighted by molar-refractivity contribution is -0.0440. The molecule has 2 atom stereocenters. The number of nitrogens with one attached hydrogen (secondary N) is 1. The van der Waals surface area contributed by atoms with E-state index in [4.69, 9.17) is 21.6 Å². The van der Waals surface area contributed by atoms with E-state index in [0.29, 0.717) is 5.69 Å². The minimum atomic E-state index is -3.76. The predicted octanol–water partition coefficient (Wildman–Crippen LogP) is 3.26. The van der Waals surface area contributed by atoms with Crippen LogP contribution in [0.1, 0.15) is 29.8 Å². The fraction of sp³-hybridized carbons (Fsp3) is 0.300. The highest BCUT2D eigenvalue weighted by atomic mass is 35.5. The molecule has 1 saturated heterocycles. The third-order valence-electron chi connectivity index (χ3n) is 4.46. The first-order valence-corrected chi connectivity index (χ1v) is 10.8. The number of amides is 1. The van der Waals surface area contributed by atoms with Crippen LogP contribution in [-0.2, 0) is 14.8 Å². The summed E-state index contributed by atoms with van der Waals surface area (Å²) in [6, 6.07) is 12.3. The minimum Gasteiger partial charge on any atom is -0.373 e. The van der Waals surface area contributed by atoms with Gasteiger partial charge in [-0.3, -0.25) is 4.79 Å². The van der Waals surface area contributed by atoms with Gasteiger partial charge in [-0.1, -0.05) is 17.7 Å². The summed E-state index contributed by atoms with van der Waals surface area (Å²) in [6.07, 6.45) is -0.418. The average Bonchev–Trinajstić information content (AvgIpc) is 2.68. The van der Waals surface area contributed by atoms with Gasteiger partial charge in [0.05, 0.1) is 27.7 Å². The maximum Gasteiger partial charge on any atom is 0.255 e. The summed E-state index contributed by atoms with van der Waals surface area (Å²) >= 11 is 5.90. The molecule has 1 aliphatic rings. The van der Waals surface area contributed by atoms with Gasteiger partial charge in [0.1, 0.15) is 6.07 Å². The first-order chi connectivity index (χ1) is 13.7. The summed E-state index contributed by atoms with van der Waals surface area (Å²) in [4.78, 5) is 12.6. The molecule has 1 fully saturated rings. The second-order valence-corrected chi connectivity index (χ2v) is 9.21. The molecule has 9 heteroatoms. The standard InChI is InChI=1S/C20H20ClN3O4S/c1-13-11-24(12-14(2)28-13)29(26,27)18-5-3-4-15(9-18)20(25)23-17-6-7-19(21)16(8-17)10-22/h3-9,13-14H,11-12H2,1-2H3,(H,23,25). The molecule has 29 heavy (non-hydrogen) atoms. The lowest BCUT2D eigenvalue weighted by Gasteiger charge is -2.34. The maximum atomic E-state index is 13.0. The van der Waals surface area contributed by atoms with Crippen LogP contribution >= 0.6 is 11.6 Å². The van der Waals surface area contributed by atoms with Crippen molar-refractivity contribution in [3.63, 3.8) is 0 Å². The topological polar surface area (TPSA) is 99.5 Å². The van der Waals surface area contributed by atoms with Crippen molar-refractivity contribution >= 4 is 33.2 Å². The number of hydrogen-bond acceptors (Lipinski definition) is 5. The van der Waals surface area contributed by atoms with E-state index >= 15 is 0 Å². The number of morpholine rings is 1. The molecule has 0 bridgehead atoms. The number of benzene rings is 2. The number of nitrogens with zero attached hydrogens (tertiary/aromatic N) is 2. The molecule has 152 valence electrons. The second kappa shape index (κ2) is 8.51. The molecule has 0 spiro atoms. The number of halogens is 1. The molecule has 2 unspecified atom stereocenters. The van der Waals surface area contributed by atoms with E-state index < -0.39 is 15.9 Å². The SMILES string of the molecule is CC1CN(S(=O)(=O)c2cccc(C(=O)Nc3ccc(Cl)c(C#N)c3)c2)CC(C)O1. The van der Waals surface area contributed by atoms with Gasteiger partial charge in [-0.05, 0) is 50.2 Å². The zero-order valence-corrected chi connectivity index (χ0v) is 17.5. The Hall–Kier alpha value is -2.44. The normalized spacial score (nSPS) is 20.1. The molecule has 0 aliphatic carbocycles. The highest BCUT2D eigenvalue weighted by molar-refractivity contribution is 7.89. The number of carbonyl (C=O) groups is 1. The van der Waals surface area contributed by atoms with Crippen molar-refractivity contribution < 1.29 is 17.9 Å². The maximum absolute atomic E-state index is 13.0. The Kier molecular flexibility index (Phi) is 6.24. The van der Waals surface area contributed by atoms with Gasteiger partial charge in [0, 0.05) is 24.3 Å². The van der Waals surface area contributed by atoms with Crippen LogP contribution in [0.25, 0.3) is 0 Å². The first kappa shape index (κ1) is 21.3. The highest BCUT2D eigenvalue weighted by Gasteiger charge is 2.32. The van der Waals surface area contributed by atoms with Crippen LogP contribution < -0.4 is 5.32 Å². The summed E-state index contributed by atoms with van der Waals surface area (Å²) in [5.41, 5.74) is 0.810. The molecule has 1 N–H and O–H groups in total. The van der Waals surface area contributed by atoms with Crippen LogP contribution in [0.5, 0.6) is 0 Å². The van der Waals surface area contributed by atoms with Crippen LogP contribution in [0.4, 0.5) is 5.69 Å². The van der Waals surface area contributed by atoms with Gasteiger partial charge in [0.25, 0.3) is 5.91 Å². The van der Waals surface area contributed by atoms with Crippen molar-refractivity contribution in [2.24, 2.45) is 0 Å². The Labute approximate surface area is 174 Å². The third-order valence-corrected chi connectivity index (χ3v) is 6.62. The fourth-order valence-corrected chi connectivity index (χ4v) is 4.96. The average molecular weight is 434 g/mol. The number of rotatable bonds is 4. The van der Waals surface area contributed by atoms with Crippen molar-refractivity contribution in [2.45, 2.75) is 31.0 Å². The number of ether oxygens (including phenoxy) is 1. The molecule has 0 radical (unpaired) electrons. The van der Waals surface area contributed by atoms with E-state index in [0.717, 1.165) is 0 Å². The Bertz CT molecular complexity index is 1070. The minimum absolute atomic E-state index is 0.0419. The lowest BCUT2D eigenvalue weighted by Crippen LogP contribution is -2.48. The van der Waals surface area contributed by atoms with Gasteiger partial charge in [-0.25, -0.2) is 8.42 Å². The Morgan fingerprint density at radius 2 is 1.90 bits per heavy atom. The van der Waals surface area contributed by atoms with Gasteiger partial charge in [0.2, 0.25) is 10.0 Å².